The van der Waals surface area contributed by atoms with Crippen LogP contribution in [0.3, 0.4) is 0 Å². The summed E-state index contributed by atoms with van der Waals surface area (Å²) in [7, 11) is -4.28. The van der Waals surface area contributed by atoms with E-state index in [1.807, 2.05) is 0 Å². The molecule has 0 fully saturated rings. The summed E-state index contributed by atoms with van der Waals surface area (Å²) < 4.78 is 33.5. The highest BCUT2D eigenvalue weighted by molar-refractivity contribution is 7.47. The molecule has 0 aliphatic heterocycles. The first-order valence-corrected chi connectivity index (χ1v) is 25.1. The third-order valence-electron chi connectivity index (χ3n) is 10.0. The van der Waals surface area contributed by atoms with Gasteiger partial charge in [-0.05, 0) is 51.4 Å². The Balaban J connectivity index is 3.96. The van der Waals surface area contributed by atoms with Crippen molar-refractivity contribution < 1.29 is 32.8 Å². The molecule has 9 heteroatoms. The van der Waals surface area contributed by atoms with E-state index in [0.29, 0.717) is 13.0 Å². The van der Waals surface area contributed by atoms with Crippen molar-refractivity contribution in [2.75, 3.05) is 33.0 Å². The van der Waals surface area contributed by atoms with Crippen LogP contribution in [-0.2, 0) is 27.9 Å². The van der Waals surface area contributed by atoms with Gasteiger partial charge in [-0.3, -0.25) is 13.8 Å². The van der Waals surface area contributed by atoms with Crippen LogP contribution in [0, 0.1) is 0 Å². The van der Waals surface area contributed by atoms with Gasteiger partial charge in [0.1, 0.15) is 6.10 Å². The molecule has 0 aromatic carbocycles. The van der Waals surface area contributed by atoms with Crippen LogP contribution in [0.2, 0.25) is 0 Å². The zero-order valence-corrected chi connectivity index (χ0v) is 38.0. The van der Waals surface area contributed by atoms with Crippen molar-refractivity contribution in [2.45, 2.75) is 219 Å². The number of hydrogen-bond acceptors (Lipinski definition) is 7. The summed E-state index contributed by atoms with van der Waals surface area (Å²) in [4.78, 5) is 22.5. The first-order chi connectivity index (χ1) is 27.9. The van der Waals surface area contributed by atoms with Gasteiger partial charge in [-0.15, -0.1) is 0 Å². The maximum Gasteiger partial charge on any atom is 0.472 e. The van der Waals surface area contributed by atoms with Gasteiger partial charge in [-0.2, -0.15) is 0 Å². The van der Waals surface area contributed by atoms with Gasteiger partial charge in [-0.25, -0.2) is 4.57 Å². The third kappa shape index (κ3) is 45.4. The lowest BCUT2D eigenvalue weighted by Crippen LogP contribution is -2.28. The molecule has 0 heterocycles. The highest BCUT2D eigenvalue weighted by atomic mass is 31.2. The summed E-state index contributed by atoms with van der Waals surface area (Å²) in [5, 5.41) is 0. The van der Waals surface area contributed by atoms with Crippen LogP contribution in [0.1, 0.15) is 213 Å². The Morgan fingerprint density at radius 3 is 1.47 bits per heavy atom. The average molecular weight is 824 g/mol. The molecule has 0 radical (unpaired) electrons. The average Bonchev–Trinajstić information content (AvgIpc) is 3.20. The SMILES string of the molecule is CC/C=C\C/C=C\C/C=C\C/C=C\CCCCCCCCCCCCC(=O)OC(COCCCCCCCCCCCCCCCCC)COP(=O)(O)OCCN. The Labute approximate surface area is 351 Å². The Morgan fingerprint density at radius 2 is 0.982 bits per heavy atom. The fourth-order valence-corrected chi connectivity index (χ4v) is 7.34. The van der Waals surface area contributed by atoms with Crippen LogP contribution in [-0.4, -0.2) is 49.9 Å². The highest BCUT2D eigenvalue weighted by Crippen LogP contribution is 2.43. The number of phosphoric acid groups is 1. The summed E-state index contributed by atoms with van der Waals surface area (Å²) in [6, 6.07) is 0. The molecule has 2 unspecified atom stereocenters. The molecule has 2 atom stereocenters. The fraction of sp³-hybridized carbons (Fsp3) is 0.812. The van der Waals surface area contributed by atoms with Gasteiger partial charge in [0.25, 0.3) is 0 Å². The van der Waals surface area contributed by atoms with Gasteiger partial charge < -0.3 is 20.1 Å². The van der Waals surface area contributed by atoms with E-state index in [9.17, 15) is 14.3 Å². The molecule has 0 amide bonds. The van der Waals surface area contributed by atoms with Crippen molar-refractivity contribution >= 4 is 13.8 Å². The lowest BCUT2D eigenvalue weighted by molar-refractivity contribution is -0.154. The van der Waals surface area contributed by atoms with Crippen molar-refractivity contribution in [3.63, 3.8) is 0 Å². The molecule has 57 heavy (non-hydrogen) atoms. The molecule has 0 aliphatic rings. The molecule has 0 aromatic heterocycles. The molecule has 0 aliphatic carbocycles. The Morgan fingerprint density at radius 1 is 0.544 bits per heavy atom. The van der Waals surface area contributed by atoms with E-state index >= 15 is 0 Å². The molecule has 8 nitrogen and oxygen atoms in total. The van der Waals surface area contributed by atoms with Crippen LogP contribution < -0.4 is 5.73 Å². The molecule has 0 saturated heterocycles. The van der Waals surface area contributed by atoms with E-state index in [1.165, 1.54) is 135 Å². The number of hydrogen-bond donors (Lipinski definition) is 2. The van der Waals surface area contributed by atoms with Crippen molar-refractivity contribution in [1.82, 2.24) is 0 Å². The summed E-state index contributed by atoms with van der Waals surface area (Å²) in [6.07, 6.45) is 54.2. The van der Waals surface area contributed by atoms with E-state index in [4.69, 9.17) is 24.3 Å². The largest absolute Gasteiger partial charge is 0.472 e. The lowest BCUT2D eigenvalue weighted by atomic mass is 10.0. The van der Waals surface area contributed by atoms with Crippen molar-refractivity contribution in [3.8, 4) is 0 Å². The van der Waals surface area contributed by atoms with E-state index in [-0.39, 0.29) is 32.3 Å². The summed E-state index contributed by atoms with van der Waals surface area (Å²) in [6.45, 7) is 4.83. The molecular formula is C48H90NO7P. The maximum atomic E-state index is 12.6. The number of allylic oxidation sites excluding steroid dienone is 8. The lowest BCUT2D eigenvalue weighted by Gasteiger charge is -2.20. The minimum absolute atomic E-state index is 0.0961. The normalized spacial score (nSPS) is 13.8. The zero-order chi connectivity index (χ0) is 41.6. The van der Waals surface area contributed by atoms with Gasteiger partial charge in [0.05, 0.1) is 19.8 Å². The second kappa shape index (κ2) is 45.5. The second-order valence-corrected chi connectivity index (χ2v) is 17.1. The minimum Gasteiger partial charge on any atom is -0.457 e. The van der Waals surface area contributed by atoms with Crippen LogP contribution in [0.5, 0.6) is 0 Å². The zero-order valence-electron chi connectivity index (χ0n) is 37.1. The predicted molar refractivity (Wildman–Crippen MR) is 243 cm³/mol. The van der Waals surface area contributed by atoms with Crippen molar-refractivity contribution in [1.29, 1.82) is 0 Å². The molecule has 0 bridgehead atoms. The van der Waals surface area contributed by atoms with E-state index in [0.717, 1.165) is 57.8 Å². The summed E-state index contributed by atoms with van der Waals surface area (Å²) in [5.74, 6) is -0.333. The first-order valence-electron chi connectivity index (χ1n) is 23.6. The van der Waals surface area contributed by atoms with Crippen LogP contribution >= 0.6 is 7.82 Å². The van der Waals surface area contributed by atoms with E-state index in [2.05, 4.69) is 62.5 Å². The smallest absolute Gasteiger partial charge is 0.457 e. The third-order valence-corrected chi connectivity index (χ3v) is 11.0. The summed E-state index contributed by atoms with van der Waals surface area (Å²) >= 11 is 0. The number of ether oxygens (including phenoxy) is 2. The number of carbonyl (C=O) groups excluding carboxylic acids is 1. The van der Waals surface area contributed by atoms with Gasteiger partial charge >= 0.3 is 13.8 Å². The number of rotatable bonds is 45. The number of phosphoric ester groups is 1. The van der Waals surface area contributed by atoms with Crippen molar-refractivity contribution in [3.05, 3.63) is 48.6 Å². The van der Waals surface area contributed by atoms with Gasteiger partial charge in [0.15, 0.2) is 0 Å². The van der Waals surface area contributed by atoms with Crippen LogP contribution in [0.4, 0.5) is 0 Å². The monoisotopic (exact) mass is 824 g/mol. The van der Waals surface area contributed by atoms with Crippen LogP contribution in [0.15, 0.2) is 48.6 Å². The molecular weight excluding hydrogens is 734 g/mol. The molecule has 0 aromatic rings. The van der Waals surface area contributed by atoms with Gasteiger partial charge in [0.2, 0.25) is 0 Å². The fourth-order valence-electron chi connectivity index (χ4n) is 6.58. The van der Waals surface area contributed by atoms with E-state index in [1.54, 1.807) is 0 Å². The Bertz CT molecular complexity index is 1010. The molecule has 3 N–H and O–H groups in total. The van der Waals surface area contributed by atoms with Gasteiger partial charge in [0, 0.05) is 19.6 Å². The summed E-state index contributed by atoms with van der Waals surface area (Å²) in [5.41, 5.74) is 5.38. The van der Waals surface area contributed by atoms with Gasteiger partial charge in [-0.1, -0.05) is 204 Å². The number of carbonyl (C=O) groups is 1. The Kier molecular flexibility index (Phi) is 44.3. The predicted octanol–water partition coefficient (Wildman–Crippen LogP) is 14.4. The molecule has 334 valence electrons. The number of nitrogens with two attached hydrogens (primary N) is 1. The number of unbranched alkanes of at least 4 members (excludes halogenated alkanes) is 24. The molecule has 0 saturated carbocycles. The highest BCUT2D eigenvalue weighted by Gasteiger charge is 2.25. The van der Waals surface area contributed by atoms with Crippen molar-refractivity contribution in [2.24, 2.45) is 5.73 Å². The first kappa shape index (κ1) is 55.5. The second-order valence-electron chi connectivity index (χ2n) is 15.6. The quantitative estimate of drug-likeness (QED) is 0.0270. The van der Waals surface area contributed by atoms with E-state index < -0.39 is 13.9 Å². The minimum atomic E-state index is -4.28. The Hall–Kier alpha value is -1.54. The topological polar surface area (TPSA) is 117 Å². The van der Waals surface area contributed by atoms with Crippen LogP contribution in [0.25, 0.3) is 0 Å². The molecule has 0 rings (SSSR count). The number of esters is 1. The molecule has 0 spiro atoms. The maximum absolute atomic E-state index is 12.6. The standard InChI is InChI=1S/C48H90NO7P/c1-3-5-7-9-11-13-15-17-19-20-21-22-23-24-25-26-27-29-31-33-35-37-39-41-48(50)56-47(46-55-57(51,52)54-44-42-49)45-53-43-40-38-36-34-32-30-28-18-16-14-12-10-8-6-4-2/h5,7,11,13,17,19,21-22,47H,3-4,6,8-10,12,14-16,18,20,23-46,49H2,1-2H3,(H,51,52)/b7-5-,13-11-,19-17-,22-21-.